The van der Waals surface area contributed by atoms with E-state index in [2.05, 4.69) is 17.5 Å². The zero-order chi connectivity index (χ0) is 16.9. The summed E-state index contributed by atoms with van der Waals surface area (Å²) < 4.78 is 4.98. The van der Waals surface area contributed by atoms with E-state index in [-0.39, 0.29) is 24.3 Å². The van der Waals surface area contributed by atoms with Gasteiger partial charge in [-0.1, -0.05) is 18.2 Å². The minimum Gasteiger partial charge on any atom is -0.375 e. The second-order valence-electron chi connectivity index (χ2n) is 6.40. The number of carbonyl (C=O) groups is 2. The van der Waals surface area contributed by atoms with Crippen LogP contribution >= 0.6 is 0 Å². The average molecular weight is 328 g/mol. The highest BCUT2D eigenvalue weighted by Gasteiger charge is 2.24. The number of ether oxygens (including phenoxy) is 1. The number of amides is 2. The summed E-state index contributed by atoms with van der Waals surface area (Å²) in [6.07, 6.45) is 8.76. The predicted octanol–water partition coefficient (Wildman–Crippen LogP) is 2.91. The van der Waals surface area contributed by atoms with Gasteiger partial charge in [0.25, 0.3) is 5.91 Å². The minimum atomic E-state index is -0.0423. The summed E-state index contributed by atoms with van der Waals surface area (Å²) in [7, 11) is 1.53. The standard InChI is InChI=1S/C19H24N2O3/c1-24-13-18(22)21-11-5-8-14-9-10-16(12-17(14)21)20-19(23)15-6-3-2-4-7-15/h2-3,9-10,12,15H,4-8,11,13H2,1H3,(H,20,23)/t15-/m1/s1. The average Bonchev–Trinajstić information content (AvgIpc) is 2.62. The lowest BCUT2D eigenvalue weighted by molar-refractivity contribution is -0.122. The molecule has 0 bridgehead atoms. The van der Waals surface area contributed by atoms with E-state index in [1.165, 1.54) is 7.11 Å². The van der Waals surface area contributed by atoms with Crippen molar-refractivity contribution in [2.45, 2.75) is 32.1 Å². The first-order valence-electron chi connectivity index (χ1n) is 8.57. The fourth-order valence-electron chi connectivity index (χ4n) is 3.39. The molecule has 3 rings (SSSR count). The summed E-state index contributed by atoms with van der Waals surface area (Å²) in [5.74, 6) is 0.0569. The minimum absolute atomic E-state index is 0.0391. The van der Waals surface area contributed by atoms with Gasteiger partial charge in [0.15, 0.2) is 0 Å². The number of nitrogens with zero attached hydrogens (tertiary/aromatic N) is 1. The van der Waals surface area contributed by atoms with Crippen LogP contribution in [0.3, 0.4) is 0 Å². The van der Waals surface area contributed by atoms with Gasteiger partial charge >= 0.3 is 0 Å². The van der Waals surface area contributed by atoms with Gasteiger partial charge < -0.3 is 15.0 Å². The molecule has 128 valence electrons. The first kappa shape index (κ1) is 16.7. The van der Waals surface area contributed by atoms with Crippen LogP contribution in [0.4, 0.5) is 11.4 Å². The van der Waals surface area contributed by atoms with Crippen molar-refractivity contribution in [1.29, 1.82) is 0 Å². The Morgan fingerprint density at radius 3 is 2.96 bits per heavy atom. The van der Waals surface area contributed by atoms with Crippen molar-refractivity contribution >= 4 is 23.2 Å². The third-order valence-electron chi connectivity index (χ3n) is 4.68. The Morgan fingerprint density at radius 2 is 2.21 bits per heavy atom. The van der Waals surface area contributed by atoms with Gasteiger partial charge in [0.2, 0.25) is 5.91 Å². The summed E-state index contributed by atoms with van der Waals surface area (Å²) in [5.41, 5.74) is 2.79. The normalized spacial score (nSPS) is 19.7. The zero-order valence-corrected chi connectivity index (χ0v) is 14.1. The Morgan fingerprint density at radius 1 is 1.33 bits per heavy atom. The molecule has 0 aromatic heterocycles. The van der Waals surface area contributed by atoms with Crippen LogP contribution in [0.2, 0.25) is 0 Å². The smallest absolute Gasteiger partial charge is 0.252 e. The third kappa shape index (κ3) is 3.67. The topological polar surface area (TPSA) is 58.6 Å². The Bertz CT molecular complexity index is 654. The fraction of sp³-hybridized carbons (Fsp3) is 0.474. The number of fused-ring (bicyclic) bond motifs is 1. The van der Waals surface area contributed by atoms with Crippen LogP contribution < -0.4 is 10.2 Å². The molecule has 1 aromatic carbocycles. The largest absolute Gasteiger partial charge is 0.375 e. The van der Waals surface area contributed by atoms with Crippen molar-refractivity contribution in [2.24, 2.45) is 5.92 Å². The molecule has 2 aliphatic rings. The van der Waals surface area contributed by atoms with Gasteiger partial charge in [0, 0.05) is 30.9 Å². The number of anilines is 2. The summed E-state index contributed by atoms with van der Waals surface area (Å²) in [5, 5.41) is 3.01. The molecule has 0 saturated carbocycles. The van der Waals surface area contributed by atoms with Crippen molar-refractivity contribution in [3.8, 4) is 0 Å². The first-order valence-corrected chi connectivity index (χ1v) is 8.57. The summed E-state index contributed by atoms with van der Waals surface area (Å²) in [4.78, 5) is 26.4. The second-order valence-corrected chi connectivity index (χ2v) is 6.40. The summed E-state index contributed by atoms with van der Waals surface area (Å²) >= 11 is 0. The summed E-state index contributed by atoms with van der Waals surface area (Å²) in [6.45, 7) is 0.768. The predicted molar refractivity (Wildman–Crippen MR) is 94.1 cm³/mol. The van der Waals surface area contributed by atoms with Gasteiger partial charge in [0.05, 0.1) is 0 Å². The lowest BCUT2D eigenvalue weighted by Crippen LogP contribution is -2.37. The molecule has 0 radical (unpaired) electrons. The molecule has 0 fully saturated rings. The maximum Gasteiger partial charge on any atom is 0.252 e. The molecular weight excluding hydrogens is 304 g/mol. The molecule has 5 heteroatoms. The Labute approximate surface area is 142 Å². The number of hydrogen-bond acceptors (Lipinski definition) is 3. The van der Waals surface area contributed by atoms with Crippen LogP contribution in [0.5, 0.6) is 0 Å². The van der Waals surface area contributed by atoms with Crippen molar-refractivity contribution in [3.05, 3.63) is 35.9 Å². The van der Waals surface area contributed by atoms with E-state index in [0.717, 1.165) is 49.0 Å². The first-order chi connectivity index (χ1) is 11.7. The molecule has 1 aliphatic carbocycles. The maximum atomic E-state index is 12.4. The molecule has 1 aliphatic heterocycles. The van der Waals surface area contributed by atoms with Gasteiger partial charge in [-0.25, -0.2) is 0 Å². The van der Waals surface area contributed by atoms with E-state index in [0.29, 0.717) is 6.54 Å². The van der Waals surface area contributed by atoms with Crippen LogP contribution in [0, 0.1) is 5.92 Å². The fourth-order valence-corrected chi connectivity index (χ4v) is 3.39. The highest BCUT2D eigenvalue weighted by Crippen LogP contribution is 2.31. The van der Waals surface area contributed by atoms with E-state index in [9.17, 15) is 9.59 Å². The van der Waals surface area contributed by atoms with E-state index < -0.39 is 0 Å². The van der Waals surface area contributed by atoms with Gasteiger partial charge in [-0.3, -0.25) is 9.59 Å². The van der Waals surface area contributed by atoms with Crippen LogP contribution in [0.15, 0.2) is 30.4 Å². The number of nitrogens with one attached hydrogen (secondary N) is 1. The molecule has 1 aromatic rings. The SMILES string of the molecule is COCC(=O)N1CCCc2ccc(NC(=O)[C@@H]3CC=CCC3)cc21. The Balaban J connectivity index is 1.76. The molecule has 24 heavy (non-hydrogen) atoms. The number of aryl methyl sites for hydroxylation is 1. The molecule has 1 N–H and O–H groups in total. The van der Waals surface area contributed by atoms with Crippen LogP contribution in [0.1, 0.15) is 31.2 Å². The van der Waals surface area contributed by atoms with Crippen LogP contribution in [-0.4, -0.2) is 32.1 Å². The van der Waals surface area contributed by atoms with Crippen LogP contribution in [0.25, 0.3) is 0 Å². The molecule has 0 spiro atoms. The maximum absolute atomic E-state index is 12.4. The Kier molecular flexibility index (Phi) is 5.30. The van der Waals surface area contributed by atoms with Gasteiger partial charge in [-0.15, -0.1) is 0 Å². The van der Waals surface area contributed by atoms with Crippen molar-refractivity contribution in [1.82, 2.24) is 0 Å². The van der Waals surface area contributed by atoms with Gasteiger partial charge in [-0.05, 0) is 49.8 Å². The van der Waals surface area contributed by atoms with Crippen molar-refractivity contribution in [2.75, 3.05) is 30.5 Å². The molecule has 1 heterocycles. The number of allylic oxidation sites excluding steroid dienone is 2. The second kappa shape index (κ2) is 7.62. The quantitative estimate of drug-likeness (QED) is 0.865. The van der Waals surface area contributed by atoms with Crippen molar-refractivity contribution < 1.29 is 14.3 Å². The molecular formula is C19H24N2O3. The molecule has 5 nitrogen and oxygen atoms in total. The molecule has 2 amide bonds. The van der Waals surface area contributed by atoms with E-state index in [4.69, 9.17) is 4.74 Å². The lowest BCUT2D eigenvalue weighted by Gasteiger charge is -2.30. The van der Waals surface area contributed by atoms with Crippen molar-refractivity contribution in [3.63, 3.8) is 0 Å². The zero-order valence-electron chi connectivity index (χ0n) is 14.1. The highest BCUT2D eigenvalue weighted by molar-refractivity contribution is 5.98. The highest BCUT2D eigenvalue weighted by atomic mass is 16.5. The van der Waals surface area contributed by atoms with E-state index >= 15 is 0 Å². The van der Waals surface area contributed by atoms with E-state index in [1.807, 2.05) is 18.2 Å². The number of benzene rings is 1. The number of methoxy groups -OCH3 is 1. The monoisotopic (exact) mass is 328 g/mol. The third-order valence-corrected chi connectivity index (χ3v) is 4.68. The molecule has 0 saturated heterocycles. The Hall–Kier alpha value is -2.14. The molecule has 0 unspecified atom stereocenters. The number of rotatable bonds is 4. The lowest BCUT2D eigenvalue weighted by atomic mass is 9.93. The van der Waals surface area contributed by atoms with Gasteiger partial charge in [-0.2, -0.15) is 0 Å². The number of carbonyl (C=O) groups excluding carboxylic acids is 2. The summed E-state index contributed by atoms with van der Waals surface area (Å²) in [6, 6.07) is 5.86. The van der Waals surface area contributed by atoms with E-state index in [1.54, 1.807) is 4.90 Å². The van der Waals surface area contributed by atoms with Crippen LogP contribution in [-0.2, 0) is 20.7 Å². The van der Waals surface area contributed by atoms with Gasteiger partial charge in [0.1, 0.15) is 6.61 Å². The molecule has 1 atom stereocenters. The number of hydrogen-bond donors (Lipinski definition) is 1.